The van der Waals surface area contributed by atoms with Crippen LogP contribution in [0.5, 0.6) is 0 Å². The third-order valence-corrected chi connectivity index (χ3v) is 4.11. The van der Waals surface area contributed by atoms with E-state index in [9.17, 15) is 9.18 Å². The Morgan fingerprint density at radius 3 is 2.91 bits per heavy atom. The van der Waals surface area contributed by atoms with Gasteiger partial charge in [0, 0.05) is 16.7 Å². The summed E-state index contributed by atoms with van der Waals surface area (Å²) in [5.41, 5.74) is 1.30. The molecule has 1 heterocycles. The monoisotopic (exact) mass is 300 g/mol. The van der Waals surface area contributed by atoms with E-state index in [1.165, 1.54) is 12.3 Å². The van der Waals surface area contributed by atoms with Gasteiger partial charge in [0.25, 0.3) is 0 Å². The van der Waals surface area contributed by atoms with Gasteiger partial charge in [-0.15, -0.1) is 0 Å². The molecule has 3 nitrogen and oxygen atoms in total. The molecule has 0 fully saturated rings. The SMILES string of the molecule is C=C(C)C(=O)OC1(c2ccoc2)CCCc2c(F)cccc21. The van der Waals surface area contributed by atoms with Crippen LogP contribution in [-0.4, -0.2) is 5.97 Å². The number of fused-ring (bicyclic) bond motifs is 1. The van der Waals surface area contributed by atoms with Crippen molar-refractivity contribution in [1.82, 2.24) is 0 Å². The Labute approximate surface area is 128 Å². The van der Waals surface area contributed by atoms with Crippen LogP contribution in [0.1, 0.15) is 36.5 Å². The van der Waals surface area contributed by atoms with E-state index < -0.39 is 11.6 Å². The largest absolute Gasteiger partial charge is 0.472 e. The van der Waals surface area contributed by atoms with Crippen molar-refractivity contribution >= 4 is 5.97 Å². The lowest BCUT2D eigenvalue weighted by molar-refractivity contribution is -0.153. The number of rotatable bonds is 3. The smallest absolute Gasteiger partial charge is 0.334 e. The molecule has 0 spiro atoms. The fourth-order valence-electron chi connectivity index (χ4n) is 3.04. The van der Waals surface area contributed by atoms with Gasteiger partial charge in [-0.25, -0.2) is 9.18 Å². The second-order valence-electron chi connectivity index (χ2n) is 5.63. The third kappa shape index (κ3) is 2.25. The molecule has 0 bridgehead atoms. The number of halogens is 1. The number of ether oxygens (including phenoxy) is 1. The lowest BCUT2D eigenvalue weighted by Crippen LogP contribution is -2.37. The van der Waals surface area contributed by atoms with Crippen LogP contribution in [0.25, 0.3) is 0 Å². The van der Waals surface area contributed by atoms with Crippen molar-refractivity contribution in [2.24, 2.45) is 0 Å². The van der Waals surface area contributed by atoms with E-state index in [1.807, 2.05) is 6.07 Å². The predicted molar refractivity (Wildman–Crippen MR) is 79.7 cm³/mol. The van der Waals surface area contributed by atoms with Crippen molar-refractivity contribution in [3.8, 4) is 0 Å². The van der Waals surface area contributed by atoms with Crippen molar-refractivity contribution in [2.75, 3.05) is 0 Å². The van der Waals surface area contributed by atoms with Crippen LogP contribution in [0.4, 0.5) is 4.39 Å². The fraction of sp³-hybridized carbons (Fsp3) is 0.278. The van der Waals surface area contributed by atoms with Gasteiger partial charge in [0.05, 0.1) is 12.5 Å². The van der Waals surface area contributed by atoms with Crippen LogP contribution >= 0.6 is 0 Å². The lowest BCUT2D eigenvalue weighted by atomic mass is 9.75. The zero-order chi connectivity index (χ0) is 15.7. The van der Waals surface area contributed by atoms with E-state index >= 15 is 0 Å². The van der Waals surface area contributed by atoms with E-state index in [2.05, 4.69) is 6.58 Å². The molecule has 114 valence electrons. The minimum Gasteiger partial charge on any atom is -0.472 e. The highest BCUT2D eigenvalue weighted by Gasteiger charge is 2.43. The van der Waals surface area contributed by atoms with Gasteiger partial charge in [0.2, 0.25) is 0 Å². The first-order valence-corrected chi connectivity index (χ1v) is 7.24. The van der Waals surface area contributed by atoms with Crippen molar-refractivity contribution in [3.63, 3.8) is 0 Å². The number of hydrogen-bond acceptors (Lipinski definition) is 3. The van der Waals surface area contributed by atoms with E-state index in [4.69, 9.17) is 9.15 Å². The first kappa shape index (κ1) is 14.6. The van der Waals surface area contributed by atoms with Crippen LogP contribution in [0, 0.1) is 5.82 Å². The molecule has 1 aromatic carbocycles. The molecule has 3 rings (SSSR count). The minimum absolute atomic E-state index is 0.267. The minimum atomic E-state index is -1.02. The van der Waals surface area contributed by atoms with Crippen LogP contribution in [-0.2, 0) is 21.6 Å². The molecule has 1 aliphatic carbocycles. The summed E-state index contributed by atoms with van der Waals surface area (Å²) in [7, 11) is 0. The number of carbonyl (C=O) groups is 1. The average molecular weight is 300 g/mol. The summed E-state index contributed by atoms with van der Waals surface area (Å²) in [5.74, 6) is -0.755. The number of esters is 1. The number of carbonyl (C=O) groups excluding carboxylic acids is 1. The molecule has 0 N–H and O–H groups in total. The van der Waals surface area contributed by atoms with Gasteiger partial charge in [-0.05, 0) is 43.9 Å². The molecule has 1 atom stereocenters. The highest BCUT2D eigenvalue weighted by atomic mass is 19.1. The molecule has 1 unspecified atom stereocenters. The zero-order valence-electron chi connectivity index (χ0n) is 12.4. The van der Waals surface area contributed by atoms with Gasteiger partial charge < -0.3 is 9.15 Å². The Bertz CT molecular complexity index is 718. The van der Waals surface area contributed by atoms with E-state index in [0.29, 0.717) is 35.1 Å². The quantitative estimate of drug-likeness (QED) is 0.632. The Hall–Kier alpha value is -2.36. The van der Waals surface area contributed by atoms with Crippen molar-refractivity contribution in [1.29, 1.82) is 0 Å². The number of benzene rings is 1. The molecule has 0 radical (unpaired) electrons. The first-order valence-electron chi connectivity index (χ1n) is 7.24. The Morgan fingerprint density at radius 1 is 1.41 bits per heavy atom. The average Bonchev–Trinajstić information content (AvgIpc) is 3.03. The molecule has 0 saturated heterocycles. The fourth-order valence-corrected chi connectivity index (χ4v) is 3.04. The molecule has 1 aliphatic rings. The van der Waals surface area contributed by atoms with Crippen molar-refractivity contribution in [2.45, 2.75) is 31.8 Å². The topological polar surface area (TPSA) is 39.4 Å². The van der Waals surface area contributed by atoms with E-state index in [1.54, 1.807) is 25.3 Å². The summed E-state index contributed by atoms with van der Waals surface area (Å²) >= 11 is 0. The number of hydrogen-bond donors (Lipinski definition) is 0. The van der Waals surface area contributed by atoms with Crippen LogP contribution in [0.3, 0.4) is 0 Å². The molecular formula is C18H17FO3. The second kappa shape index (κ2) is 5.44. The maximum absolute atomic E-state index is 14.2. The molecule has 1 aromatic heterocycles. The van der Waals surface area contributed by atoms with E-state index in [0.717, 1.165) is 6.42 Å². The molecule has 0 aliphatic heterocycles. The summed E-state index contributed by atoms with van der Waals surface area (Å²) in [6.07, 6.45) is 5.02. The highest BCUT2D eigenvalue weighted by molar-refractivity contribution is 5.87. The maximum Gasteiger partial charge on any atom is 0.334 e. The molecule has 4 heteroatoms. The van der Waals surface area contributed by atoms with Gasteiger partial charge in [-0.3, -0.25) is 0 Å². The van der Waals surface area contributed by atoms with Crippen LogP contribution < -0.4 is 0 Å². The number of furan rings is 1. The van der Waals surface area contributed by atoms with Crippen molar-refractivity contribution < 1.29 is 18.3 Å². The molecule has 0 amide bonds. The molecule has 22 heavy (non-hydrogen) atoms. The van der Waals surface area contributed by atoms with Gasteiger partial charge in [0.15, 0.2) is 5.60 Å². The van der Waals surface area contributed by atoms with Crippen LogP contribution in [0.2, 0.25) is 0 Å². The molecule has 2 aromatic rings. The van der Waals surface area contributed by atoms with Gasteiger partial charge in [-0.2, -0.15) is 0 Å². The Balaban J connectivity index is 2.19. The lowest BCUT2D eigenvalue weighted by Gasteiger charge is -2.38. The first-order chi connectivity index (χ1) is 10.5. The summed E-state index contributed by atoms with van der Waals surface area (Å²) in [6, 6.07) is 6.65. The highest BCUT2D eigenvalue weighted by Crippen LogP contribution is 2.45. The van der Waals surface area contributed by atoms with E-state index in [-0.39, 0.29) is 5.82 Å². The Kier molecular flexibility index (Phi) is 3.61. The standard InChI is InChI=1S/C18H17FO3/c1-12(2)17(20)22-18(13-8-10-21-11-13)9-4-5-14-15(18)6-3-7-16(14)19/h3,6-8,10-11H,1,4-5,9H2,2H3. The molecule has 0 saturated carbocycles. The summed E-state index contributed by atoms with van der Waals surface area (Å²) in [5, 5.41) is 0. The van der Waals surface area contributed by atoms with Crippen LogP contribution in [0.15, 0.2) is 53.4 Å². The summed E-state index contributed by atoms with van der Waals surface area (Å²) < 4.78 is 25.1. The second-order valence-corrected chi connectivity index (χ2v) is 5.63. The molecular weight excluding hydrogens is 283 g/mol. The Morgan fingerprint density at radius 2 is 2.23 bits per heavy atom. The maximum atomic E-state index is 14.2. The van der Waals surface area contributed by atoms with Gasteiger partial charge in [-0.1, -0.05) is 18.7 Å². The van der Waals surface area contributed by atoms with Crippen molar-refractivity contribution in [3.05, 3.63) is 71.5 Å². The summed E-state index contributed by atoms with van der Waals surface area (Å²) in [6.45, 7) is 5.23. The normalized spacial score (nSPS) is 20.3. The van der Waals surface area contributed by atoms with Gasteiger partial charge in [0.1, 0.15) is 5.82 Å². The van der Waals surface area contributed by atoms with Gasteiger partial charge >= 0.3 is 5.97 Å². The summed E-state index contributed by atoms with van der Waals surface area (Å²) in [4.78, 5) is 12.2. The third-order valence-electron chi connectivity index (χ3n) is 4.11. The predicted octanol–water partition coefficient (Wildman–Crippen LogP) is 4.12. The zero-order valence-corrected chi connectivity index (χ0v) is 12.4.